The molecule has 0 aromatic heterocycles. The van der Waals surface area contributed by atoms with Crippen molar-refractivity contribution in [2.24, 2.45) is 0 Å². The molecule has 0 radical (unpaired) electrons. The highest BCUT2D eigenvalue weighted by Crippen LogP contribution is 2.44. The highest BCUT2D eigenvalue weighted by Gasteiger charge is 2.29. The zero-order valence-electron chi connectivity index (χ0n) is 18.9. The molecule has 0 heterocycles. The maximum Gasteiger partial charge on any atom is 0.407 e. The molecule has 1 unspecified atom stereocenters. The molecule has 0 saturated carbocycles. The molecule has 180 valence electrons. The maximum atomic E-state index is 12.5. The predicted octanol–water partition coefficient (Wildman–Crippen LogP) is 2.94. The van der Waals surface area contributed by atoms with Crippen LogP contribution in [0.3, 0.4) is 0 Å². The third kappa shape index (κ3) is 5.33. The third-order valence-electron chi connectivity index (χ3n) is 6.06. The minimum absolute atomic E-state index is 0.0359. The fourth-order valence-corrected chi connectivity index (χ4v) is 4.33. The topological polar surface area (TPSA) is 125 Å². The van der Waals surface area contributed by atoms with Crippen molar-refractivity contribution >= 4 is 18.0 Å². The van der Waals surface area contributed by atoms with E-state index in [4.69, 9.17) is 14.9 Å². The van der Waals surface area contributed by atoms with E-state index in [2.05, 4.69) is 34.9 Å². The van der Waals surface area contributed by atoms with Crippen molar-refractivity contribution in [2.45, 2.75) is 18.4 Å². The van der Waals surface area contributed by atoms with E-state index in [0.29, 0.717) is 12.0 Å². The van der Waals surface area contributed by atoms with Gasteiger partial charge in [-0.05, 0) is 40.3 Å². The van der Waals surface area contributed by atoms with Gasteiger partial charge in [-0.15, -0.1) is 0 Å². The molecule has 35 heavy (non-hydrogen) atoms. The van der Waals surface area contributed by atoms with E-state index in [-0.39, 0.29) is 24.6 Å². The Morgan fingerprint density at radius 2 is 1.49 bits per heavy atom. The van der Waals surface area contributed by atoms with Crippen LogP contribution in [0.15, 0.2) is 72.8 Å². The standard InChI is InChI=1S/C27H26N2O6/c30-15-24(26(32)33)29-25(31)18-8-2-1-7-17(18)13-14-28-27(34)35-16-23-21-11-5-3-9-19(21)20-10-4-6-12-22(20)23/h1-12,23-24,30H,13-16H2,(H,28,34)(H,29,31)(H,32,33). The number of rotatable bonds is 9. The quantitative estimate of drug-likeness (QED) is 0.378. The van der Waals surface area contributed by atoms with Crippen molar-refractivity contribution in [1.29, 1.82) is 0 Å². The Kier molecular flexibility index (Phi) is 7.42. The van der Waals surface area contributed by atoms with Crippen LogP contribution in [0.5, 0.6) is 0 Å². The minimum Gasteiger partial charge on any atom is -0.480 e. The van der Waals surface area contributed by atoms with Crippen LogP contribution in [0.4, 0.5) is 4.79 Å². The second-order valence-electron chi connectivity index (χ2n) is 8.21. The van der Waals surface area contributed by atoms with Crippen molar-refractivity contribution in [3.63, 3.8) is 0 Å². The fraction of sp³-hybridized carbons (Fsp3) is 0.222. The molecule has 3 aromatic carbocycles. The predicted molar refractivity (Wildman–Crippen MR) is 129 cm³/mol. The Hall–Kier alpha value is -4.17. The molecule has 2 amide bonds. The summed E-state index contributed by atoms with van der Waals surface area (Å²) in [5.74, 6) is -1.97. The molecule has 1 aliphatic carbocycles. The molecule has 0 spiro atoms. The van der Waals surface area contributed by atoms with Crippen molar-refractivity contribution < 1.29 is 29.3 Å². The molecule has 0 bridgehead atoms. The molecule has 3 aromatic rings. The summed E-state index contributed by atoms with van der Waals surface area (Å²) in [6, 6.07) is 21.5. The number of aliphatic carboxylic acids is 1. The van der Waals surface area contributed by atoms with E-state index in [0.717, 1.165) is 22.3 Å². The number of hydrogen-bond donors (Lipinski definition) is 4. The van der Waals surface area contributed by atoms with Crippen LogP contribution in [0.25, 0.3) is 11.1 Å². The second kappa shape index (κ2) is 10.8. The van der Waals surface area contributed by atoms with Gasteiger partial charge in [0.05, 0.1) is 6.61 Å². The van der Waals surface area contributed by atoms with E-state index in [1.807, 2.05) is 24.3 Å². The molecule has 8 heteroatoms. The number of nitrogens with one attached hydrogen (secondary N) is 2. The number of ether oxygens (including phenoxy) is 1. The van der Waals surface area contributed by atoms with Gasteiger partial charge in [-0.1, -0.05) is 66.7 Å². The number of hydrogen-bond acceptors (Lipinski definition) is 5. The van der Waals surface area contributed by atoms with Crippen LogP contribution < -0.4 is 10.6 Å². The van der Waals surface area contributed by atoms with Gasteiger partial charge in [0.15, 0.2) is 6.04 Å². The van der Waals surface area contributed by atoms with Gasteiger partial charge in [0.1, 0.15) is 6.61 Å². The van der Waals surface area contributed by atoms with E-state index >= 15 is 0 Å². The van der Waals surface area contributed by atoms with Crippen LogP contribution in [0, 0.1) is 0 Å². The van der Waals surface area contributed by atoms with E-state index in [1.165, 1.54) is 0 Å². The number of carboxylic acids is 1. The van der Waals surface area contributed by atoms with Gasteiger partial charge < -0.3 is 25.6 Å². The Balaban J connectivity index is 1.32. The van der Waals surface area contributed by atoms with Crippen LogP contribution >= 0.6 is 0 Å². The molecule has 4 N–H and O–H groups in total. The van der Waals surface area contributed by atoms with Gasteiger partial charge in [-0.3, -0.25) is 4.79 Å². The monoisotopic (exact) mass is 474 g/mol. The molecule has 8 nitrogen and oxygen atoms in total. The van der Waals surface area contributed by atoms with Gasteiger partial charge in [-0.25, -0.2) is 9.59 Å². The summed E-state index contributed by atoms with van der Waals surface area (Å²) in [5.41, 5.74) is 5.47. The zero-order valence-corrected chi connectivity index (χ0v) is 18.9. The molecule has 1 atom stereocenters. The molecule has 0 aliphatic heterocycles. The Bertz CT molecular complexity index is 1200. The van der Waals surface area contributed by atoms with Crippen molar-refractivity contribution in [3.05, 3.63) is 95.1 Å². The van der Waals surface area contributed by atoms with Crippen LogP contribution in [-0.4, -0.2) is 54.0 Å². The summed E-state index contributed by atoms with van der Waals surface area (Å²) in [7, 11) is 0. The number of amides is 2. The molecule has 0 fully saturated rings. The lowest BCUT2D eigenvalue weighted by molar-refractivity contribution is -0.140. The average molecular weight is 475 g/mol. The Morgan fingerprint density at radius 1 is 0.886 bits per heavy atom. The molecule has 4 rings (SSSR count). The minimum atomic E-state index is -1.39. The van der Waals surface area contributed by atoms with Crippen LogP contribution in [-0.2, 0) is 16.0 Å². The second-order valence-corrected chi connectivity index (χ2v) is 8.21. The van der Waals surface area contributed by atoms with Gasteiger partial charge in [0.25, 0.3) is 5.91 Å². The van der Waals surface area contributed by atoms with Gasteiger partial charge in [-0.2, -0.15) is 0 Å². The van der Waals surface area contributed by atoms with Gasteiger partial charge >= 0.3 is 12.1 Å². The summed E-state index contributed by atoms with van der Waals surface area (Å²) in [5, 5.41) is 23.2. The summed E-state index contributed by atoms with van der Waals surface area (Å²) in [6.07, 6.45) is -0.218. The molecular weight excluding hydrogens is 448 g/mol. The Morgan fingerprint density at radius 3 is 2.11 bits per heavy atom. The first-order valence-corrected chi connectivity index (χ1v) is 11.3. The highest BCUT2D eigenvalue weighted by atomic mass is 16.5. The molecular formula is C27H26N2O6. The molecule has 1 aliphatic rings. The lowest BCUT2D eigenvalue weighted by Gasteiger charge is -2.15. The smallest absolute Gasteiger partial charge is 0.407 e. The largest absolute Gasteiger partial charge is 0.480 e. The number of fused-ring (bicyclic) bond motifs is 3. The van der Waals surface area contributed by atoms with Crippen molar-refractivity contribution in [1.82, 2.24) is 10.6 Å². The van der Waals surface area contributed by atoms with Gasteiger partial charge in [0.2, 0.25) is 0 Å². The van der Waals surface area contributed by atoms with Crippen LogP contribution in [0.1, 0.15) is 33.0 Å². The maximum absolute atomic E-state index is 12.5. The van der Waals surface area contributed by atoms with E-state index in [9.17, 15) is 14.4 Å². The first-order valence-electron chi connectivity index (χ1n) is 11.3. The number of carbonyl (C=O) groups excluding carboxylic acids is 2. The van der Waals surface area contributed by atoms with E-state index < -0.39 is 30.6 Å². The first kappa shape index (κ1) is 24.0. The third-order valence-corrected chi connectivity index (χ3v) is 6.06. The SMILES string of the molecule is O=C(NCCc1ccccc1C(=O)NC(CO)C(=O)O)OCC1c2ccccc2-c2ccccc21. The summed E-state index contributed by atoms with van der Waals surface area (Å²) >= 11 is 0. The Labute approximate surface area is 202 Å². The number of alkyl carbamates (subject to hydrolysis) is 1. The number of aliphatic hydroxyl groups excluding tert-OH is 1. The average Bonchev–Trinajstić information content (AvgIpc) is 3.19. The summed E-state index contributed by atoms with van der Waals surface area (Å²) in [4.78, 5) is 36.0. The number of aliphatic hydroxyl groups is 1. The lowest BCUT2D eigenvalue weighted by atomic mass is 9.98. The fourth-order valence-electron chi connectivity index (χ4n) is 4.33. The number of benzene rings is 3. The molecule has 0 saturated heterocycles. The first-order chi connectivity index (χ1) is 17.0. The van der Waals surface area contributed by atoms with Gasteiger partial charge in [0, 0.05) is 18.0 Å². The highest BCUT2D eigenvalue weighted by molar-refractivity contribution is 5.97. The van der Waals surface area contributed by atoms with E-state index in [1.54, 1.807) is 24.3 Å². The lowest BCUT2D eigenvalue weighted by Crippen LogP contribution is -2.43. The normalized spacial score (nSPS) is 12.8. The van der Waals surface area contributed by atoms with Crippen molar-refractivity contribution in [3.8, 4) is 11.1 Å². The summed E-state index contributed by atoms with van der Waals surface area (Å²) in [6.45, 7) is -0.285. The van der Waals surface area contributed by atoms with Crippen molar-refractivity contribution in [2.75, 3.05) is 19.8 Å². The number of carboxylic acid groups (broad SMARTS) is 1. The zero-order chi connectivity index (χ0) is 24.8. The van der Waals surface area contributed by atoms with Crippen LogP contribution in [0.2, 0.25) is 0 Å². The number of carbonyl (C=O) groups is 3. The summed E-state index contributed by atoms with van der Waals surface area (Å²) < 4.78 is 5.53.